The van der Waals surface area contributed by atoms with Gasteiger partial charge in [-0.05, 0) is 61.7 Å². The van der Waals surface area contributed by atoms with Crippen LogP contribution in [-0.4, -0.2) is 27.6 Å². The van der Waals surface area contributed by atoms with Crippen LogP contribution in [0.1, 0.15) is 43.4 Å². The second-order valence-corrected chi connectivity index (χ2v) is 10.1. The molecule has 8 nitrogen and oxygen atoms in total. The molecule has 4 rings (SSSR count). The van der Waals surface area contributed by atoms with Crippen LogP contribution in [0.25, 0.3) is 0 Å². The van der Waals surface area contributed by atoms with Crippen LogP contribution in [0.2, 0.25) is 10.0 Å². The number of guanidine groups is 1. The molecule has 39 heavy (non-hydrogen) atoms. The number of aliphatic imine (C=N–C) groups is 1. The summed E-state index contributed by atoms with van der Waals surface area (Å²) in [6.07, 6.45) is 1.37. The number of phenols is 1. The summed E-state index contributed by atoms with van der Waals surface area (Å²) in [6, 6.07) is 10.0. The smallest absolute Gasteiger partial charge is 0.433 e. The van der Waals surface area contributed by atoms with E-state index in [1.165, 1.54) is 50.3 Å². The number of rotatable bonds is 8. The largest absolute Gasteiger partial charge is 0.508 e. The van der Waals surface area contributed by atoms with Gasteiger partial charge >= 0.3 is 6.18 Å². The predicted octanol–water partition coefficient (Wildman–Crippen LogP) is 6.98. The highest BCUT2D eigenvalue weighted by Crippen LogP contribution is 2.32. The van der Waals surface area contributed by atoms with Crippen molar-refractivity contribution in [1.29, 1.82) is 0 Å². The average Bonchev–Trinajstić information content (AvgIpc) is 2.88. The molecular formula is C26H28Cl2F3N7O. The van der Waals surface area contributed by atoms with E-state index in [0.717, 1.165) is 12.6 Å². The van der Waals surface area contributed by atoms with Gasteiger partial charge in [-0.25, -0.2) is 4.98 Å². The van der Waals surface area contributed by atoms with Crippen LogP contribution in [0.4, 0.5) is 36.3 Å². The third kappa shape index (κ3) is 8.35. The first-order valence-electron chi connectivity index (χ1n) is 12.4. The molecule has 1 aromatic heterocycles. The van der Waals surface area contributed by atoms with Crippen molar-refractivity contribution in [2.24, 2.45) is 16.6 Å². The highest BCUT2D eigenvalue weighted by molar-refractivity contribution is 6.42. The summed E-state index contributed by atoms with van der Waals surface area (Å²) in [5.74, 6) is -0.214. The molecule has 0 spiro atoms. The lowest BCUT2D eigenvalue weighted by Gasteiger charge is -2.22. The Morgan fingerprint density at radius 2 is 1.74 bits per heavy atom. The fraction of sp³-hybridized carbons (Fsp3) is 0.346. The Kier molecular flexibility index (Phi) is 9.36. The van der Waals surface area contributed by atoms with E-state index in [0.29, 0.717) is 34.4 Å². The number of anilines is 3. The molecule has 0 atom stereocenters. The molecular weight excluding hydrogens is 554 g/mol. The summed E-state index contributed by atoms with van der Waals surface area (Å²) >= 11 is 11.9. The number of nitrogens with zero attached hydrogens (tertiary/aromatic N) is 3. The van der Waals surface area contributed by atoms with Gasteiger partial charge in [0.25, 0.3) is 5.95 Å². The van der Waals surface area contributed by atoms with Gasteiger partial charge in [0.05, 0.1) is 10.0 Å². The van der Waals surface area contributed by atoms with Crippen molar-refractivity contribution in [3.8, 4) is 5.75 Å². The Morgan fingerprint density at radius 3 is 2.46 bits per heavy atom. The molecule has 3 aromatic rings. The zero-order valence-electron chi connectivity index (χ0n) is 20.8. The molecule has 1 aliphatic rings. The first-order chi connectivity index (χ1) is 18.6. The lowest BCUT2D eigenvalue weighted by atomic mass is 9.89. The maximum Gasteiger partial charge on any atom is 0.433 e. The van der Waals surface area contributed by atoms with Crippen LogP contribution in [0.5, 0.6) is 5.75 Å². The normalized spacial score (nSPS) is 14.8. The molecule has 0 bridgehead atoms. The van der Waals surface area contributed by atoms with Crippen molar-refractivity contribution in [1.82, 2.24) is 15.3 Å². The molecule has 0 saturated heterocycles. The number of nitrogens with one attached hydrogen (secondary N) is 3. The fourth-order valence-corrected chi connectivity index (χ4v) is 4.60. The Labute approximate surface area is 233 Å². The SMILES string of the molecule is NC(=Nc1nc(Nc2ccc(O)c(CNCC3CCCCC3)c2)cc(C(F)(F)F)n1)Nc1ccc(Cl)c(Cl)c1. The van der Waals surface area contributed by atoms with E-state index in [4.69, 9.17) is 28.9 Å². The van der Waals surface area contributed by atoms with E-state index in [9.17, 15) is 18.3 Å². The molecule has 0 aliphatic heterocycles. The van der Waals surface area contributed by atoms with Gasteiger partial charge in [0.1, 0.15) is 11.6 Å². The molecule has 1 aliphatic carbocycles. The maximum absolute atomic E-state index is 13.6. The lowest BCUT2D eigenvalue weighted by Crippen LogP contribution is -2.24. The summed E-state index contributed by atoms with van der Waals surface area (Å²) in [5, 5.41) is 19.8. The van der Waals surface area contributed by atoms with Gasteiger partial charge in [0, 0.05) is 29.5 Å². The molecule has 6 N–H and O–H groups in total. The monoisotopic (exact) mass is 581 g/mol. The van der Waals surface area contributed by atoms with Crippen LogP contribution in [0, 0.1) is 5.92 Å². The number of alkyl halides is 3. The van der Waals surface area contributed by atoms with Crippen LogP contribution in [-0.2, 0) is 12.7 Å². The molecule has 208 valence electrons. The topological polar surface area (TPSA) is 120 Å². The number of aromatic nitrogens is 2. The summed E-state index contributed by atoms with van der Waals surface area (Å²) in [7, 11) is 0. The van der Waals surface area contributed by atoms with Gasteiger partial charge in [-0.2, -0.15) is 23.1 Å². The fourth-order valence-electron chi connectivity index (χ4n) is 4.31. The van der Waals surface area contributed by atoms with Crippen LogP contribution >= 0.6 is 23.2 Å². The van der Waals surface area contributed by atoms with Gasteiger partial charge in [0.15, 0.2) is 5.69 Å². The van der Waals surface area contributed by atoms with E-state index >= 15 is 0 Å². The first-order valence-corrected chi connectivity index (χ1v) is 13.1. The second kappa shape index (κ2) is 12.7. The molecule has 1 saturated carbocycles. The first kappa shape index (κ1) is 28.7. The predicted molar refractivity (Wildman–Crippen MR) is 148 cm³/mol. The van der Waals surface area contributed by atoms with Crippen LogP contribution in [0.3, 0.4) is 0 Å². The van der Waals surface area contributed by atoms with Crippen molar-refractivity contribution in [2.45, 2.75) is 44.8 Å². The van der Waals surface area contributed by atoms with Crippen molar-refractivity contribution >= 4 is 52.3 Å². The highest BCUT2D eigenvalue weighted by atomic mass is 35.5. The van der Waals surface area contributed by atoms with E-state index in [1.807, 2.05) is 0 Å². The Balaban J connectivity index is 1.51. The molecule has 0 amide bonds. The standard InChI is InChI=1S/C26H28Cl2F3N7O/c27-19-8-6-18(11-20(19)28)35-24(32)38-25-36-22(26(29,30)31)12-23(37-25)34-17-7-9-21(39)16(10-17)14-33-13-15-4-2-1-3-5-15/h6-12,15,33,39H,1-5,13-14H2,(H4,32,34,35,36,37,38). The highest BCUT2D eigenvalue weighted by Gasteiger charge is 2.34. The van der Waals surface area contributed by atoms with Gasteiger partial charge in [-0.1, -0.05) is 42.5 Å². The van der Waals surface area contributed by atoms with Gasteiger partial charge in [0.2, 0.25) is 5.96 Å². The zero-order chi connectivity index (χ0) is 28.0. The van der Waals surface area contributed by atoms with Crippen molar-refractivity contribution in [3.63, 3.8) is 0 Å². The molecule has 0 unspecified atom stereocenters. The summed E-state index contributed by atoms with van der Waals surface area (Å²) in [4.78, 5) is 11.5. The van der Waals surface area contributed by atoms with Crippen molar-refractivity contribution < 1.29 is 18.3 Å². The summed E-state index contributed by atoms with van der Waals surface area (Å²) in [6.45, 7) is 1.26. The third-order valence-corrected chi connectivity index (χ3v) is 6.98. The van der Waals surface area contributed by atoms with E-state index in [2.05, 4.69) is 30.9 Å². The van der Waals surface area contributed by atoms with E-state index < -0.39 is 17.8 Å². The number of nitrogens with two attached hydrogens (primary N) is 1. The van der Waals surface area contributed by atoms with Crippen LogP contribution < -0.4 is 21.7 Å². The number of benzene rings is 2. The summed E-state index contributed by atoms with van der Waals surface area (Å²) < 4.78 is 40.7. The van der Waals surface area contributed by atoms with Crippen LogP contribution in [0.15, 0.2) is 47.5 Å². The second-order valence-electron chi connectivity index (χ2n) is 9.29. The quantitative estimate of drug-likeness (QED) is 0.110. The minimum atomic E-state index is -4.75. The van der Waals surface area contributed by atoms with Crippen molar-refractivity contribution in [3.05, 3.63) is 63.8 Å². The Morgan fingerprint density at radius 1 is 1.00 bits per heavy atom. The maximum atomic E-state index is 13.6. The number of halogens is 5. The number of aromatic hydroxyl groups is 1. The van der Waals surface area contributed by atoms with E-state index in [1.54, 1.807) is 18.2 Å². The third-order valence-electron chi connectivity index (χ3n) is 6.24. The average molecular weight is 582 g/mol. The number of hydrogen-bond donors (Lipinski definition) is 5. The van der Waals surface area contributed by atoms with Gasteiger partial charge < -0.3 is 26.8 Å². The van der Waals surface area contributed by atoms with E-state index in [-0.39, 0.29) is 22.5 Å². The Bertz CT molecular complexity index is 1330. The molecule has 0 radical (unpaired) electrons. The molecule has 1 fully saturated rings. The zero-order valence-corrected chi connectivity index (χ0v) is 22.3. The molecule has 1 heterocycles. The van der Waals surface area contributed by atoms with Gasteiger partial charge in [-0.15, -0.1) is 0 Å². The minimum absolute atomic E-state index is 0.0850. The minimum Gasteiger partial charge on any atom is -0.508 e. The lowest BCUT2D eigenvalue weighted by molar-refractivity contribution is -0.141. The van der Waals surface area contributed by atoms with Crippen molar-refractivity contribution in [2.75, 3.05) is 17.2 Å². The Hall–Kier alpha value is -3.28. The molecule has 2 aromatic carbocycles. The molecule has 13 heteroatoms. The summed E-state index contributed by atoms with van der Waals surface area (Å²) in [5.41, 5.74) is 6.13. The number of phenolic OH excluding ortho intramolecular Hbond substituents is 1. The number of hydrogen-bond acceptors (Lipinski definition) is 6. The van der Waals surface area contributed by atoms with Gasteiger partial charge in [-0.3, -0.25) is 0 Å².